The third-order valence-electron chi connectivity index (χ3n) is 1.26. The minimum Gasteiger partial charge on any atom is -0.506 e. The zero-order valence-electron chi connectivity index (χ0n) is 5.51. The fourth-order valence-corrected chi connectivity index (χ4v) is 1.49. The zero-order chi connectivity index (χ0) is 8.43. The number of aromatic nitrogens is 1. The Bertz CT molecular complexity index is 278. The lowest BCUT2D eigenvalue weighted by Gasteiger charge is -2.04. The van der Waals surface area contributed by atoms with E-state index >= 15 is 0 Å². The van der Waals surface area contributed by atoms with Gasteiger partial charge in [-0.25, -0.2) is 4.98 Å². The molecule has 0 saturated carbocycles. The summed E-state index contributed by atoms with van der Waals surface area (Å²) in [7, 11) is 0. The van der Waals surface area contributed by atoms with E-state index in [0.29, 0.717) is 14.6 Å². The lowest BCUT2D eigenvalue weighted by molar-refractivity contribution is 0.464. The van der Waals surface area contributed by atoms with Crippen LogP contribution in [0.15, 0.2) is 15.3 Å². The number of nitrogens with two attached hydrogens (primary N) is 1. The fraction of sp³-hybridized carbons (Fsp3) is 0.167. The number of nitrogens with zero attached hydrogens (tertiary/aromatic N) is 1. The zero-order valence-corrected chi connectivity index (χ0v) is 8.68. The van der Waals surface area contributed by atoms with Crippen LogP contribution in [0, 0.1) is 0 Å². The molecule has 0 spiro atoms. The molecule has 0 saturated heterocycles. The van der Waals surface area contributed by atoms with E-state index in [1.54, 1.807) is 0 Å². The van der Waals surface area contributed by atoms with Gasteiger partial charge in [-0.05, 0) is 31.9 Å². The highest BCUT2D eigenvalue weighted by atomic mass is 79.9. The van der Waals surface area contributed by atoms with E-state index in [2.05, 4.69) is 36.8 Å². The van der Waals surface area contributed by atoms with Crippen LogP contribution in [-0.4, -0.2) is 10.1 Å². The second-order valence-electron chi connectivity index (χ2n) is 1.93. The molecule has 0 aliphatic carbocycles. The van der Waals surface area contributed by atoms with Gasteiger partial charge >= 0.3 is 0 Å². The third kappa shape index (κ3) is 1.72. The van der Waals surface area contributed by atoms with Gasteiger partial charge < -0.3 is 10.8 Å². The van der Waals surface area contributed by atoms with Crippen molar-refractivity contribution >= 4 is 31.9 Å². The molecule has 0 aliphatic rings. The van der Waals surface area contributed by atoms with Crippen LogP contribution in [0.4, 0.5) is 0 Å². The molecule has 0 bridgehead atoms. The molecule has 5 heteroatoms. The highest BCUT2D eigenvalue weighted by Crippen LogP contribution is 2.29. The maximum Gasteiger partial charge on any atom is 0.139 e. The van der Waals surface area contributed by atoms with Gasteiger partial charge in [-0.3, -0.25) is 0 Å². The molecule has 0 aliphatic heterocycles. The Morgan fingerprint density at radius 1 is 1.55 bits per heavy atom. The molecule has 0 amide bonds. The van der Waals surface area contributed by atoms with Crippen LogP contribution < -0.4 is 5.73 Å². The molecular formula is C6H6Br2N2O. The van der Waals surface area contributed by atoms with E-state index in [0.717, 1.165) is 0 Å². The fourth-order valence-electron chi connectivity index (χ4n) is 0.684. The highest BCUT2D eigenvalue weighted by molar-refractivity contribution is 9.13. The van der Waals surface area contributed by atoms with Crippen molar-refractivity contribution in [1.82, 2.24) is 4.98 Å². The summed E-state index contributed by atoms with van der Waals surface area (Å²) < 4.78 is 1.36. The molecule has 0 aromatic carbocycles. The molecule has 1 rings (SSSR count). The molecule has 11 heavy (non-hydrogen) atoms. The summed E-state index contributed by atoms with van der Waals surface area (Å²) in [4.78, 5) is 3.85. The van der Waals surface area contributed by atoms with Crippen molar-refractivity contribution in [3.8, 4) is 5.75 Å². The lowest BCUT2D eigenvalue weighted by atomic mass is 10.2. The van der Waals surface area contributed by atoms with E-state index < -0.39 is 0 Å². The van der Waals surface area contributed by atoms with Crippen LogP contribution in [0.1, 0.15) is 5.56 Å². The van der Waals surface area contributed by atoms with E-state index in [4.69, 9.17) is 5.73 Å². The van der Waals surface area contributed by atoms with Crippen LogP contribution in [-0.2, 0) is 6.54 Å². The summed E-state index contributed by atoms with van der Waals surface area (Å²) in [6, 6.07) is 0. The summed E-state index contributed by atoms with van der Waals surface area (Å²) in [6.07, 6.45) is 1.36. The maximum atomic E-state index is 9.22. The van der Waals surface area contributed by atoms with Gasteiger partial charge in [-0.1, -0.05) is 0 Å². The Morgan fingerprint density at radius 3 is 2.64 bits per heavy atom. The summed E-state index contributed by atoms with van der Waals surface area (Å²) in [5, 5.41) is 9.22. The van der Waals surface area contributed by atoms with Crippen molar-refractivity contribution in [2.75, 3.05) is 0 Å². The van der Waals surface area contributed by atoms with E-state index in [1.165, 1.54) is 6.20 Å². The number of hydrogen-bond acceptors (Lipinski definition) is 3. The van der Waals surface area contributed by atoms with Crippen molar-refractivity contribution in [3.05, 3.63) is 20.8 Å². The van der Waals surface area contributed by atoms with E-state index in [-0.39, 0.29) is 12.3 Å². The first-order valence-electron chi connectivity index (χ1n) is 2.88. The van der Waals surface area contributed by atoms with Crippen LogP contribution >= 0.6 is 31.9 Å². The van der Waals surface area contributed by atoms with Gasteiger partial charge in [-0.2, -0.15) is 0 Å². The molecular weight excluding hydrogens is 276 g/mol. The van der Waals surface area contributed by atoms with E-state index in [9.17, 15) is 5.11 Å². The Labute approximate surface area is 80.9 Å². The van der Waals surface area contributed by atoms with Gasteiger partial charge in [0.1, 0.15) is 10.4 Å². The smallest absolute Gasteiger partial charge is 0.139 e. The number of rotatable bonds is 1. The number of pyridine rings is 1. The minimum atomic E-state index is 0.113. The highest BCUT2D eigenvalue weighted by Gasteiger charge is 2.07. The SMILES string of the molecule is NCc1c(O)cnc(Br)c1Br. The van der Waals surface area contributed by atoms with Crippen LogP contribution in [0.2, 0.25) is 0 Å². The first-order chi connectivity index (χ1) is 5.16. The number of halogens is 2. The molecule has 0 fully saturated rings. The van der Waals surface area contributed by atoms with Gasteiger partial charge in [0.2, 0.25) is 0 Å². The first kappa shape index (κ1) is 8.96. The summed E-state index contributed by atoms with van der Waals surface area (Å²) in [6.45, 7) is 0.285. The normalized spacial score (nSPS) is 10.1. The lowest BCUT2D eigenvalue weighted by Crippen LogP contribution is -1.99. The van der Waals surface area contributed by atoms with Crippen molar-refractivity contribution in [2.45, 2.75) is 6.54 Å². The first-order valence-corrected chi connectivity index (χ1v) is 4.47. The van der Waals surface area contributed by atoms with Crippen molar-refractivity contribution in [1.29, 1.82) is 0 Å². The molecule has 3 N–H and O–H groups in total. The predicted molar refractivity (Wildman–Crippen MR) is 49.2 cm³/mol. The average Bonchev–Trinajstić information content (AvgIpc) is 1.99. The minimum absolute atomic E-state index is 0.113. The standard InChI is InChI=1S/C6H6Br2N2O/c7-5-3(1-9)4(11)2-10-6(5)8/h2,11H,1,9H2. The second kappa shape index (κ2) is 3.51. The molecule has 1 heterocycles. The Kier molecular flexibility index (Phi) is 2.86. The van der Waals surface area contributed by atoms with Crippen molar-refractivity contribution in [2.24, 2.45) is 5.73 Å². The molecule has 1 aromatic rings. The van der Waals surface area contributed by atoms with Gasteiger partial charge in [0.25, 0.3) is 0 Å². The molecule has 1 aromatic heterocycles. The monoisotopic (exact) mass is 280 g/mol. The Balaban J connectivity index is 3.29. The predicted octanol–water partition coefficient (Wildman–Crippen LogP) is 1.77. The number of aromatic hydroxyl groups is 1. The van der Waals surface area contributed by atoms with Crippen molar-refractivity contribution in [3.63, 3.8) is 0 Å². The van der Waals surface area contributed by atoms with E-state index in [1.807, 2.05) is 0 Å². The van der Waals surface area contributed by atoms with Crippen LogP contribution in [0.3, 0.4) is 0 Å². The van der Waals surface area contributed by atoms with Gasteiger partial charge in [0.15, 0.2) is 0 Å². The van der Waals surface area contributed by atoms with Crippen molar-refractivity contribution < 1.29 is 5.11 Å². The Hall–Kier alpha value is -0.130. The summed E-state index contributed by atoms with van der Waals surface area (Å²) >= 11 is 6.44. The molecule has 0 unspecified atom stereocenters. The third-order valence-corrected chi connectivity index (χ3v) is 3.25. The van der Waals surface area contributed by atoms with Gasteiger partial charge in [0.05, 0.1) is 10.7 Å². The maximum absolute atomic E-state index is 9.22. The molecule has 0 radical (unpaired) electrons. The van der Waals surface area contributed by atoms with Crippen LogP contribution in [0.25, 0.3) is 0 Å². The molecule has 0 atom stereocenters. The number of hydrogen-bond donors (Lipinski definition) is 2. The molecule has 3 nitrogen and oxygen atoms in total. The molecule has 60 valence electrons. The average molecular weight is 282 g/mol. The second-order valence-corrected chi connectivity index (χ2v) is 3.48. The Morgan fingerprint density at radius 2 is 2.18 bits per heavy atom. The topological polar surface area (TPSA) is 59.1 Å². The summed E-state index contributed by atoms with van der Waals surface area (Å²) in [5.41, 5.74) is 6.04. The van der Waals surface area contributed by atoms with Gasteiger partial charge in [-0.15, -0.1) is 0 Å². The quantitative estimate of drug-likeness (QED) is 0.772. The van der Waals surface area contributed by atoms with Crippen LogP contribution in [0.5, 0.6) is 5.75 Å². The van der Waals surface area contributed by atoms with Gasteiger partial charge in [0, 0.05) is 12.1 Å². The largest absolute Gasteiger partial charge is 0.506 e. The summed E-state index contributed by atoms with van der Waals surface area (Å²) in [5.74, 6) is 0.113.